The second-order valence-electron chi connectivity index (χ2n) is 5.70. The molecule has 1 amide bonds. The number of nitrogens with one attached hydrogen (secondary N) is 2. The Kier molecular flexibility index (Phi) is 6.78. The van der Waals surface area contributed by atoms with Crippen molar-refractivity contribution in [2.75, 3.05) is 11.9 Å². The monoisotopic (exact) mass is 312 g/mol. The molecule has 4 heteroatoms. The van der Waals surface area contributed by atoms with Crippen molar-refractivity contribution in [3.8, 4) is 0 Å². The van der Waals surface area contributed by atoms with Crippen LogP contribution in [0.25, 0.3) is 0 Å². The number of aliphatic hydroxyl groups excluding tert-OH is 1. The normalized spacial score (nSPS) is 11.9. The van der Waals surface area contributed by atoms with E-state index in [2.05, 4.69) is 10.6 Å². The maximum atomic E-state index is 12.0. The summed E-state index contributed by atoms with van der Waals surface area (Å²) in [6.07, 6.45) is 1.34. The molecule has 0 aliphatic carbocycles. The maximum absolute atomic E-state index is 12.0. The van der Waals surface area contributed by atoms with Crippen molar-refractivity contribution in [1.82, 2.24) is 5.32 Å². The number of rotatable bonds is 8. The van der Waals surface area contributed by atoms with E-state index in [1.807, 2.05) is 61.5 Å². The van der Waals surface area contributed by atoms with Gasteiger partial charge in [-0.1, -0.05) is 42.5 Å². The van der Waals surface area contributed by atoms with Crippen LogP contribution in [0.15, 0.2) is 54.6 Å². The highest BCUT2D eigenvalue weighted by Gasteiger charge is 2.08. The molecule has 23 heavy (non-hydrogen) atoms. The number of amides is 1. The van der Waals surface area contributed by atoms with Crippen LogP contribution in [-0.4, -0.2) is 23.6 Å². The third-order valence-corrected chi connectivity index (χ3v) is 3.66. The summed E-state index contributed by atoms with van der Waals surface area (Å²) in [6.45, 7) is 2.91. The van der Waals surface area contributed by atoms with Gasteiger partial charge in [0, 0.05) is 18.2 Å². The van der Waals surface area contributed by atoms with Crippen LogP contribution in [0.4, 0.5) is 5.69 Å². The van der Waals surface area contributed by atoms with E-state index in [0.29, 0.717) is 6.42 Å². The van der Waals surface area contributed by atoms with Crippen molar-refractivity contribution in [3.05, 3.63) is 65.7 Å². The zero-order valence-corrected chi connectivity index (χ0v) is 13.5. The Labute approximate surface area is 137 Å². The Morgan fingerprint density at radius 3 is 2.35 bits per heavy atom. The molecule has 0 saturated carbocycles. The SMILES string of the molecule is CC(CC(=O)Nc1ccccc1)NCCc1ccc(CO)cc1. The lowest BCUT2D eigenvalue weighted by Gasteiger charge is -2.14. The van der Waals surface area contributed by atoms with Gasteiger partial charge in [-0.3, -0.25) is 4.79 Å². The number of hydrogen-bond donors (Lipinski definition) is 3. The van der Waals surface area contributed by atoms with Gasteiger partial charge in [-0.25, -0.2) is 0 Å². The Balaban J connectivity index is 1.68. The van der Waals surface area contributed by atoms with Crippen molar-refractivity contribution in [3.63, 3.8) is 0 Å². The lowest BCUT2D eigenvalue weighted by Crippen LogP contribution is -2.32. The number of benzene rings is 2. The first-order chi connectivity index (χ1) is 11.2. The van der Waals surface area contributed by atoms with Gasteiger partial charge >= 0.3 is 0 Å². The highest BCUT2D eigenvalue weighted by molar-refractivity contribution is 5.90. The lowest BCUT2D eigenvalue weighted by molar-refractivity contribution is -0.116. The van der Waals surface area contributed by atoms with Crippen LogP contribution in [0.5, 0.6) is 0 Å². The zero-order chi connectivity index (χ0) is 16.5. The number of carbonyl (C=O) groups is 1. The summed E-state index contributed by atoms with van der Waals surface area (Å²) in [6, 6.07) is 17.5. The van der Waals surface area contributed by atoms with Crippen LogP contribution >= 0.6 is 0 Å². The molecular weight excluding hydrogens is 288 g/mol. The van der Waals surface area contributed by atoms with E-state index in [1.54, 1.807) is 0 Å². The number of carbonyl (C=O) groups excluding carboxylic acids is 1. The summed E-state index contributed by atoms with van der Waals surface area (Å²) in [7, 11) is 0. The molecule has 0 bridgehead atoms. The van der Waals surface area contributed by atoms with Crippen LogP contribution < -0.4 is 10.6 Å². The number of para-hydroxylation sites is 1. The Morgan fingerprint density at radius 2 is 1.70 bits per heavy atom. The molecule has 0 radical (unpaired) electrons. The highest BCUT2D eigenvalue weighted by atomic mass is 16.3. The van der Waals surface area contributed by atoms with E-state index in [0.717, 1.165) is 24.2 Å². The first-order valence-electron chi connectivity index (χ1n) is 7.94. The second kappa shape index (κ2) is 9.08. The molecule has 0 heterocycles. The van der Waals surface area contributed by atoms with Crippen molar-refractivity contribution in [2.45, 2.75) is 32.4 Å². The van der Waals surface area contributed by atoms with Crippen molar-refractivity contribution in [1.29, 1.82) is 0 Å². The fourth-order valence-corrected chi connectivity index (χ4v) is 2.36. The van der Waals surface area contributed by atoms with Gasteiger partial charge in [0.15, 0.2) is 0 Å². The quantitative estimate of drug-likeness (QED) is 0.702. The van der Waals surface area contributed by atoms with Crippen molar-refractivity contribution in [2.24, 2.45) is 0 Å². The Hall–Kier alpha value is -2.17. The maximum Gasteiger partial charge on any atom is 0.225 e. The minimum atomic E-state index is 0.0171. The van der Waals surface area contributed by atoms with E-state index in [-0.39, 0.29) is 18.6 Å². The summed E-state index contributed by atoms with van der Waals surface area (Å²) >= 11 is 0. The summed E-state index contributed by atoms with van der Waals surface area (Å²) in [5.41, 5.74) is 2.97. The van der Waals surface area contributed by atoms with E-state index in [4.69, 9.17) is 5.11 Å². The van der Waals surface area contributed by atoms with Crippen LogP contribution in [0.2, 0.25) is 0 Å². The van der Waals surface area contributed by atoms with Gasteiger partial charge in [0.25, 0.3) is 0 Å². The minimum absolute atomic E-state index is 0.0171. The molecule has 0 fully saturated rings. The molecule has 0 spiro atoms. The van der Waals surface area contributed by atoms with Crippen LogP contribution in [0.3, 0.4) is 0 Å². The van der Waals surface area contributed by atoms with Gasteiger partial charge in [-0.05, 0) is 43.1 Å². The topological polar surface area (TPSA) is 61.4 Å². The molecule has 0 aliphatic rings. The van der Waals surface area contributed by atoms with Gasteiger partial charge in [-0.15, -0.1) is 0 Å². The Bertz CT molecular complexity index is 597. The van der Waals surface area contributed by atoms with E-state index in [1.165, 1.54) is 5.56 Å². The van der Waals surface area contributed by atoms with Gasteiger partial charge in [0.1, 0.15) is 0 Å². The first kappa shape index (κ1) is 17.2. The first-order valence-corrected chi connectivity index (χ1v) is 7.94. The predicted octanol–water partition coefficient (Wildman–Crippen LogP) is 2.73. The Morgan fingerprint density at radius 1 is 1.04 bits per heavy atom. The molecule has 2 rings (SSSR count). The van der Waals surface area contributed by atoms with Crippen LogP contribution in [0.1, 0.15) is 24.5 Å². The minimum Gasteiger partial charge on any atom is -0.392 e. The molecule has 1 unspecified atom stereocenters. The molecule has 2 aromatic rings. The van der Waals surface area contributed by atoms with E-state index in [9.17, 15) is 4.79 Å². The summed E-state index contributed by atoms with van der Waals surface area (Å²) < 4.78 is 0. The molecule has 1 atom stereocenters. The highest BCUT2D eigenvalue weighted by Crippen LogP contribution is 2.07. The third-order valence-electron chi connectivity index (χ3n) is 3.66. The van der Waals surface area contributed by atoms with Crippen LogP contribution in [0, 0.1) is 0 Å². The molecule has 122 valence electrons. The molecule has 4 nitrogen and oxygen atoms in total. The van der Waals surface area contributed by atoms with Crippen LogP contribution in [-0.2, 0) is 17.8 Å². The predicted molar refractivity (Wildman–Crippen MR) is 93.2 cm³/mol. The summed E-state index contributed by atoms with van der Waals surface area (Å²) in [5.74, 6) is 0.0171. The molecule has 0 aromatic heterocycles. The van der Waals surface area contributed by atoms with E-state index < -0.39 is 0 Å². The molecule has 0 aliphatic heterocycles. The van der Waals surface area contributed by atoms with Crippen molar-refractivity contribution < 1.29 is 9.90 Å². The standard InChI is InChI=1S/C19H24N2O2/c1-15(13-19(23)21-18-5-3-2-4-6-18)20-12-11-16-7-9-17(14-22)10-8-16/h2-10,15,20,22H,11-14H2,1H3,(H,21,23). The zero-order valence-electron chi connectivity index (χ0n) is 13.5. The number of anilines is 1. The molecule has 0 saturated heterocycles. The third kappa shape index (κ3) is 6.22. The fraction of sp³-hybridized carbons (Fsp3) is 0.316. The van der Waals surface area contributed by atoms with Gasteiger partial charge in [-0.2, -0.15) is 0 Å². The smallest absolute Gasteiger partial charge is 0.225 e. The van der Waals surface area contributed by atoms with Gasteiger partial charge in [0.05, 0.1) is 6.61 Å². The number of hydrogen-bond acceptors (Lipinski definition) is 3. The van der Waals surface area contributed by atoms with E-state index >= 15 is 0 Å². The fourth-order valence-electron chi connectivity index (χ4n) is 2.36. The second-order valence-corrected chi connectivity index (χ2v) is 5.70. The average molecular weight is 312 g/mol. The number of aliphatic hydroxyl groups is 1. The van der Waals surface area contributed by atoms with Gasteiger partial charge < -0.3 is 15.7 Å². The lowest BCUT2D eigenvalue weighted by atomic mass is 10.1. The molecular formula is C19H24N2O2. The van der Waals surface area contributed by atoms with Crippen molar-refractivity contribution >= 4 is 11.6 Å². The summed E-state index contributed by atoms with van der Waals surface area (Å²) in [5, 5.41) is 15.3. The largest absolute Gasteiger partial charge is 0.392 e. The van der Waals surface area contributed by atoms with Gasteiger partial charge in [0.2, 0.25) is 5.91 Å². The summed E-state index contributed by atoms with van der Waals surface area (Å²) in [4.78, 5) is 12.0. The molecule has 2 aromatic carbocycles. The average Bonchev–Trinajstić information content (AvgIpc) is 2.56. The molecule has 3 N–H and O–H groups in total.